The van der Waals surface area contributed by atoms with Crippen molar-refractivity contribution in [2.45, 2.75) is 25.4 Å². The molecule has 1 aromatic heterocycles. The second-order valence-electron chi connectivity index (χ2n) is 5.47. The highest BCUT2D eigenvalue weighted by molar-refractivity contribution is 5.77. The molecule has 1 aliphatic rings. The average molecular weight is 288 g/mol. The summed E-state index contributed by atoms with van der Waals surface area (Å²) >= 11 is 0. The van der Waals surface area contributed by atoms with E-state index in [1.165, 1.54) is 4.90 Å². The van der Waals surface area contributed by atoms with Crippen molar-refractivity contribution in [1.29, 1.82) is 0 Å². The molecule has 6 nitrogen and oxygen atoms in total. The van der Waals surface area contributed by atoms with Gasteiger partial charge in [0, 0.05) is 43.8 Å². The average Bonchev–Trinajstić information content (AvgIpc) is 2.90. The molecule has 2 N–H and O–H groups in total. The van der Waals surface area contributed by atoms with E-state index < -0.39 is 6.09 Å². The number of piperazine rings is 1. The summed E-state index contributed by atoms with van der Waals surface area (Å²) in [4.78, 5) is 12.5. The summed E-state index contributed by atoms with van der Waals surface area (Å²) in [7, 11) is 0. The molecule has 0 unspecified atom stereocenters. The van der Waals surface area contributed by atoms with E-state index in [4.69, 9.17) is 5.11 Å². The van der Waals surface area contributed by atoms with E-state index in [1.807, 2.05) is 22.9 Å². The molecule has 21 heavy (non-hydrogen) atoms. The van der Waals surface area contributed by atoms with Gasteiger partial charge in [-0.3, -0.25) is 4.68 Å². The third kappa shape index (κ3) is 3.33. The van der Waals surface area contributed by atoms with Crippen molar-refractivity contribution in [3.63, 3.8) is 0 Å². The van der Waals surface area contributed by atoms with Crippen molar-refractivity contribution in [2.24, 2.45) is 0 Å². The van der Waals surface area contributed by atoms with Gasteiger partial charge >= 0.3 is 6.09 Å². The van der Waals surface area contributed by atoms with Gasteiger partial charge in [-0.1, -0.05) is 18.2 Å². The summed E-state index contributed by atoms with van der Waals surface area (Å²) in [5.74, 6) is 0. The molecule has 1 amide bonds. The van der Waals surface area contributed by atoms with Crippen LogP contribution in [-0.2, 0) is 6.54 Å². The molecule has 0 spiro atoms. The van der Waals surface area contributed by atoms with E-state index in [-0.39, 0.29) is 6.04 Å². The minimum atomic E-state index is -0.820. The number of rotatable bonds is 4. The Kier molecular flexibility index (Phi) is 4.06. The lowest BCUT2D eigenvalue weighted by atomic mass is 10.1. The lowest BCUT2D eigenvalue weighted by Crippen LogP contribution is -2.52. The zero-order valence-corrected chi connectivity index (χ0v) is 11.9. The van der Waals surface area contributed by atoms with E-state index in [2.05, 4.69) is 22.7 Å². The Balaban J connectivity index is 1.50. The molecule has 2 heterocycles. The van der Waals surface area contributed by atoms with Gasteiger partial charge in [0.1, 0.15) is 0 Å². The van der Waals surface area contributed by atoms with Crippen LogP contribution in [-0.4, -0.2) is 51.6 Å². The van der Waals surface area contributed by atoms with Gasteiger partial charge in [-0.2, -0.15) is 5.10 Å². The number of carbonyl (C=O) groups is 1. The number of aryl methyl sites for hydroxylation is 1. The van der Waals surface area contributed by atoms with Gasteiger partial charge in [-0.15, -0.1) is 0 Å². The molecule has 2 aromatic rings. The highest BCUT2D eigenvalue weighted by atomic mass is 16.4. The molecule has 0 bridgehead atoms. The first-order valence-electron chi connectivity index (χ1n) is 7.36. The van der Waals surface area contributed by atoms with Gasteiger partial charge in [0.15, 0.2) is 0 Å². The molecule has 3 rings (SSSR count). The monoisotopic (exact) mass is 288 g/mol. The Morgan fingerprint density at radius 2 is 2.29 bits per heavy atom. The van der Waals surface area contributed by atoms with Crippen LogP contribution < -0.4 is 5.32 Å². The molecule has 1 aromatic carbocycles. The summed E-state index contributed by atoms with van der Waals surface area (Å²) in [6.07, 6.45) is 3.19. The van der Waals surface area contributed by atoms with Crippen LogP contribution in [0, 0.1) is 0 Å². The Labute approximate surface area is 123 Å². The maximum absolute atomic E-state index is 11.0. The normalized spacial score (nSPS) is 19.0. The lowest BCUT2D eigenvalue weighted by Gasteiger charge is -2.31. The van der Waals surface area contributed by atoms with Crippen LogP contribution in [0.15, 0.2) is 30.5 Å². The molecular weight excluding hydrogens is 268 g/mol. The van der Waals surface area contributed by atoms with Crippen LogP contribution in [0.2, 0.25) is 0 Å². The van der Waals surface area contributed by atoms with Gasteiger partial charge in [-0.05, 0) is 18.9 Å². The van der Waals surface area contributed by atoms with Crippen LogP contribution in [0.5, 0.6) is 0 Å². The van der Waals surface area contributed by atoms with Crippen molar-refractivity contribution in [1.82, 2.24) is 20.0 Å². The maximum atomic E-state index is 11.0. The zero-order chi connectivity index (χ0) is 14.7. The molecule has 6 heteroatoms. The maximum Gasteiger partial charge on any atom is 0.407 e. The lowest BCUT2D eigenvalue weighted by molar-refractivity contribution is 0.127. The Morgan fingerprint density at radius 1 is 1.43 bits per heavy atom. The van der Waals surface area contributed by atoms with E-state index in [9.17, 15) is 4.79 Å². The van der Waals surface area contributed by atoms with Gasteiger partial charge in [0.05, 0.1) is 5.52 Å². The molecule has 112 valence electrons. The Hall–Kier alpha value is -2.08. The van der Waals surface area contributed by atoms with Crippen molar-refractivity contribution in [3.05, 3.63) is 30.5 Å². The molecular formula is C15H20N4O2. The minimum absolute atomic E-state index is 0.250. The van der Waals surface area contributed by atoms with Crippen LogP contribution in [0.4, 0.5) is 4.79 Å². The number of benzene rings is 1. The second-order valence-corrected chi connectivity index (χ2v) is 5.47. The van der Waals surface area contributed by atoms with E-state index >= 15 is 0 Å². The second kappa shape index (κ2) is 6.13. The third-order valence-corrected chi connectivity index (χ3v) is 3.93. The van der Waals surface area contributed by atoms with Gasteiger partial charge < -0.3 is 15.3 Å². The number of nitrogens with zero attached hydrogens (tertiary/aromatic N) is 3. The molecule has 1 aliphatic heterocycles. The summed E-state index contributed by atoms with van der Waals surface area (Å²) in [5, 5.41) is 18.1. The van der Waals surface area contributed by atoms with Crippen LogP contribution in [0.1, 0.15) is 12.8 Å². The SMILES string of the molecule is O=C(O)N1CCN[C@H](CCCn2cc3ccccc3n2)C1. The first-order valence-corrected chi connectivity index (χ1v) is 7.36. The van der Waals surface area contributed by atoms with Crippen LogP contribution in [0.25, 0.3) is 10.9 Å². The third-order valence-electron chi connectivity index (χ3n) is 3.93. The zero-order valence-electron chi connectivity index (χ0n) is 11.9. The fourth-order valence-electron chi connectivity index (χ4n) is 2.82. The highest BCUT2D eigenvalue weighted by Crippen LogP contribution is 2.12. The number of carboxylic acid groups (broad SMARTS) is 1. The molecule has 0 radical (unpaired) electrons. The van der Waals surface area contributed by atoms with Crippen LogP contribution in [0.3, 0.4) is 0 Å². The Morgan fingerprint density at radius 3 is 3.10 bits per heavy atom. The molecule has 1 fully saturated rings. The molecule has 1 saturated heterocycles. The van der Waals surface area contributed by atoms with E-state index in [1.54, 1.807) is 0 Å². The number of hydrogen-bond acceptors (Lipinski definition) is 3. The number of hydrogen-bond donors (Lipinski definition) is 2. The fraction of sp³-hybridized carbons (Fsp3) is 0.467. The first-order chi connectivity index (χ1) is 10.2. The summed E-state index contributed by atoms with van der Waals surface area (Å²) < 4.78 is 1.97. The molecule has 0 saturated carbocycles. The van der Waals surface area contributed by atoms with Gasteiger partial charge in [-0.25, -0.2) is 4.79 Å². The summed E-state index contributed by atoms with van der Waals surface area (Å²) in [5.41, 5.74) is 1.02. The predicted molar refractivity (Wildman–Crippen MR) is 80.4 cm³/mol. The largest absolute Gasteiger partial charge is 0.465 e. The highest BCUT2D eigenvalue weighted by Gasteiger charge is 2.22. The number of nitrogens with one attached hydrogen (secondary N) is 1. The molecule has 1 atom stereocenters. The topological polar surface area (TPSA) is 70.4 Å². The van der Waals surface area contributed by atoms with E-state index in [0.29, 0.717) is 13.1 Å². The molecule has 0 aliphatic carbocycles. The smallest absolute Gasteiger partial charge is 0.407 e. The van der Waals surface area contributed by atoms with Gasteiger partial charge in [0.2, 0.25) is 0 Å². The standard InChI is InChI=1S/C15H20N4O2/c20-15(21)18-9-7-16-13(11-18)5-3-8-19-10-12-4-1-2-6-14(12)17-19/h1-2,4,6,10,13,16H,3,5,7-9,11H2,(H,20,21)/t13-/m1/s1. The van der Waals surface area contributed by atoms with E-state index in [0.717, 1.165) is 36.8 Å². The van der Waals surface area contributed by atoms with Crippen molar-refractivity contribution < 1.29 is 9.90 Å². The van der Waals surface area contributed by atoms with Crippen LogP contribution >= 0.6 is 0 Å². The Bertz CT molecular complexity index is 592. The minimum Gasteiger partial charge on any atom is -0.465 e. The quantitative estimate of drug-likeness (QED) is 0.899. The van der Waals surface area contributed by atoms with Crippen molar-refractivity contribution >= 4 is 17.0 Å². The fourth-order valence-corrected chi connectivity index (χ4v) is 2.82. The van der Waals surface area contributed by atoms with Crippen molar-refractivity contribution in [3.8, 4) is 0 Å². The first kappa shape index (κ1) is 13.9. The summed E-state index contributed by atoms with van der Waals surface area (Å²) in [6.45, 7) is 2.76. The predicted octanol–water partition coefficient (Wildman–Crippen LogP) is 1.77. The number of aromatic nitrogens is 2. The van der Waals surface area contributed by atoms with Crippen molar-refractivity contribution in [2.75, 3.05) is 19.6 Å². The summed E-state index contributed by atoms with van der Waals surface area (Å²) in [6, 6.07) is 8.33. The van der Waals surface area contributed by atoms with Gasteiger partial charge in [0.25, 0.3) is 0 Å². The number of fused-ring (bicyclic) bond motifs is 1. The number of amides is 1.